The molecule has 1 aromatic heterocycles. The highest BCUT2D eigenvalue weighted by Gasteiger charge is 2.03. The first kappa shape index (κ1) is 7.85. The standard InChI is InChI=1S/C8H11NO2/c1-7-4-3-5-9(7)8(2)11-6-10/h3-6,8H,1-2H3. The summed E-state index contributed by atoms with van der Waals surface area (Å²) in [5.74, 6) is 0. The molecule has 0 aliphatic carbocycles. The molecule has 1 unspecified atom stereocenters. The molecule has 3 heteroatoms. The second-order valence-electron chi connectivity index (χ2n) is 2.39. The van der Waals surface area contributed by atoms with Crippen molar-refractivity contribution >= 4 is 6.47 Å². The molecule has 0 amide bonds. The Kier molecular flexibility index (Phi) is 2.31. The van der Waals surface area contributed by atoms with Crippen LogP contribution in [0.4, 0.5) is 0 Å². The molecule has 60 valence electrons. The largest absolute Gasteiger partial charge is 0.444 e. The maximum Gasteiger partial charge on any atom is 0.295 e. The van der Waals surface area contributed by atoms with Gasteiger partial charge in [-0.15, -0.1) is 0 Å². The number of carbonyl (C=O) groups excluding carboxylic acids is 1. The van der Waals surface area contributed by atoms with Crippen LogP contribution in [0.3, 0.4) is 0 Å². The molecule has 3 nitrogen and oxygen atoms in total. The smallest absolute Gasteiger partial charge is 0.295 e. The third-order valence-corrected chi connectivity index (χ3v) is 1.64. The van der Waals surface area contributed by atoms with Gasteiger partial charge in [-0.25, -0.2) is 0 Å². The van der Waals surface area contributed by atoms with Crippen LogP contribution in [-0.2, 0) is 9.53 Å². The topological polar surface area (TPSA) is 31.2 Å². The third-order valence-electron chi connectivity index (χ3n) is 1.64. The number of aryl methyl sites for hydroxylation is 1. The quantitative estimate of drug-likeness (QED) is 0.616. The zero-order valence-electron chi connectivity index (χ0n) is 6.65. The van der Waals surface area contributed by atoms with Crippen LogP contribution in [0.15, 0.2) is 18.3 Å². The van der Waals surface area contributed by atoms with Gasteiger partial charge >= 0.3 is 0 Å². The van der Waals surface area contributed by atoms with E-state index in [4.69, 9.17) is 4.74 Å². The van der Waals surface area contributed by atoms with Crippen LogP contribution in [0, 0.1) is 6.92 Å². The van der Waals surface area contributed by atoms with Gasteiger partial charge in [0.15, 0.2) is 6.23 Å². The monoisotopic (exact) mass is 153 g/mol. The van der Waals surface area contributed by atoms with Crippen molar-refractivity contribution in [2.45, 2.75) is 20.1 Å². The third kappa shape index (κ3) is 1.61. The van der Waals surface area contributed by atoms with Crippen molar-refractivity contribution in [3.8, 4) is 0 Å². The fourth-order valence-corrected chi connectivity index (χ4v) is 1.03. The Hall–Kier alpha value is -1.25. The van der Waals surface area contributed by atoms with Gasteiger partial charge in [0.25, 0.3) is 6.47 Å². The predicted octanol–water partition coefficient (Wildman–Crippen LogP) is 1.49. The molecule has 0 aromatic carbocycles. The predicted molar refractivity (Wildman–Crippen MR) is 41.0 cm³/mol. The molecular weight excluding hydrogens is 142 g/mol. The van der Waals surface area contributed by atoms with Gasteiger partial charge in [-0.2, -0.15) is 0 Å². The molecule has 1 aromatic rings. The summed E-state index contributed by atoms with van der Waals surface area (Å²) in [7, 11) is 0. The number of carbonyl (C=O) groups is 1. The van der Waals surface area contributed by atoms with Crippen LogP contribution in [0.25, 0.3) is 0 Å². The van der Waals surface area contributed by atoms with Gasteiger partial charge in [-0.3, -0.25) is 4.79 Å². The minimum absolute atomic E-state index is 0.206. The molecule has 0 bridgehead atoms. The molecule has 0 spiro atoms. The molecule has 0 saturated heterocycles. The molecule has 0 saturated carbocycles. The van der Waals surface area contributed by atoms with E-state index in [1.165, 1.54) is 0 Å². The number of hydrogen-bond donors (Lipinski definition) is 0. The lowest BCUT2D eigenvalue weighted by molar-refractivity contribution is -0.136. The number of hydrogen-bond acceptors (Lipinski definition) is 2. The van der Waals surface area contributed by atoms with Crippen molar-refractivity contribution < 1.29 is 9.53 Å². The van der Waals surface area contributed by atoms with E-state index in [0.29, 0.717) is 6.47 Å². The first-order valence-electron chi connectivity index (χ1n) is 3.48. The molecule has 11 heavy (non-hydrogen) atoms. The van der Waals surface area contributed by atoms with Crippen molar-refractivity contribution in [2.24, 2.45) is 0 Å². The highest BCUT2D eigenvalue weighted by molar-refractivity contribution is 5.37. The summed E-state index contributed by atoms with van der Waals surface area (Å²) in [6.45, 7) is 4.25. The Morgan fingerprint density at radius 3 is 2.91 bits per heavy atom. The number of rotatable bonds is 3. The fourth-order valence-electron chi connectivity index (χ4n) is 1.03. The lowest BCUT2D eigenvalue weighted by atomic mass is 10.5. The summed E-state index contributed by atoms with van der Waals surface area (Å²) < 4.78 is 6.63. The molecule has 0 N–H and O–H groups in total. The molecule has 1 rings (SSSR count). The molecule has 0 aliphatic rings. The lowest BCUT2D eigenvalue weighted by Gasteiger charge is -2.12. The van der Waals surface area contributed by atoms with Gasteiger partial charge in [0.1, 0.15) is 0 Å². The SMILES string of the molecule is Cc1cccn1C(C)OC=O. The molecule has 0 fully saturated rings. The van der Waals surface area contributed by atoms with Crippen LogP contribution in [0.2, 0.25) is 0 Å². The van der Waals surface area contributed by atoms with Gasteiger partial charge < -0.3 is 9.30 Å². The van der Waals surface area contributed by atoms with E-state index in [0.717, 1.165) is 5.69 Å². The Labute approximate surface area is 65.6 Å². The van der Waals surface area contributed by atoms with Gasteiger partial charge in [0.2, 0.25) is 0 Å². The van der Waals surface area contributed by atoms with Crippen molar-refractivity contribution in [1.29, 1.82) is 0 Å². The number of nitrogens with zero attached hydrogens (tertiary/aromatic N) is 1. The van der Waals surface area contributed by atoms with Crippen molar-refractivity contribution in [2.75, 3.05) is 0 Å². The van der Waals surface area contributed by atoms with Gasteiger partial charge in [-0.1, -0.05) is 0 Å². The van der Waals surface area contributed by atoms with Crippen LogP contribution >= 0.6 is 0 Å². The summed E-state index contributed by atoms with van der Waals surface area (Å²) >= 11 is 0. The highest BCUT2D eigenvalue weighted by Crippen LogP contribution is 2.10. The Morgan fingerprint density at radius 2 is 2.45 bits per heavy atom. The Balaban J connectivity index is 2.74. The van der Waals surface area contributed by atoms with E-state index in [1.807, 2.05) is 36.7 Å². The Bertz CT molecular complexity index is 242. The van der Waals surface area contributed by atoms with Crippen LogP contribution in [-0.4, -0.2) is 11.0 Å². The van der Waals surface area contributed by atoms with Crippen LogP contribution in [0.5, 0.6) is 0 Å². The van der Waals surface area contributed by atoms with Crippen LogP contribution < -0.4 is 0 Å². The molecule has 1 atom stereocenters. The first-order chi connectivity index (χ1) is 5.25. The van der Waals surface area contributed by atoms with E-state index in [1.54, 1.807) is 0 Å². The van der Waals surface area contributed by atoms with Gasteiger partial charge in [-0.05, 0) is 26.0 Å². The minimum Gasteiger partial charge on any atom is -0.444 e. The normalized spacial score (nSPS) is 12.5. The lowest BCUT2D eigenvalue weighted by Crippen LogP contribution is -2.08. The van der Waals surface area contributed by atoms with E-state index in [-0.39, 0.29) is 6.23 Å². The zero-order valence-corrected chi connectivity index (χ0v) is 6.65. The van der Waals surface area contributed by atoms with E-state index in [9.17, 15) is 4.79 Å². The van der Waals surface area contributed by atoms with E-state index >= 15 is 0 Å². The van der Waals surface area contributed by atoms with Gasteiger partial charge in [0, 0.05) is 11.9 Å². The summed E-state index contributed by atoms with van der Waals surface area (Å²) in [5.41, 5.74) is 1.08. The summed E-state index contributed by atoms with van der Waals surface area (Å²) in [5, 5.41) is 0. The zero-order chi connectivity index (χ0) is 8.27. The number of aromatic nitrogens is 1. The van der Waals surface area contributed by atoms with Crippen molar-refractivity contribution in [3.63, 3.8) is 0 Å². The maximum absolute atomic E-state index is 9.99. The minimum atomic E-state index is -0.206. The van der Waals surface area contributed by atoms with Crippen molar-refractivity contribution in [3.05, 3.63) is 24.0 Å². The first-order valence-corrected chi connectivity index (χ1v) is 3.48. The molecule has 0 aliphatic heterocycles. The average Bonchev–Trinajstić information content (AvgIpc) is 2.36. The number of ether oxygens (including phenoxy) is 1. The second kappa shape index (κ2) is 3.23. The molecule has 0 radical (unpaired) electrons. The average molecular weight is 153 g/mol. The Morgan fingerprint density at radius 1 is 1.73 bits per heavy atom. The van der Waals surface area contributed by atoms with E-state index < -0.39 is 0 Å². The van der Waals surface area contributed by atoms with Gasteiger partial charge in [0.05, 0.1) is 0 Å². The second-order valence-corrected chi connectivity index (χ2v) is 2.39. The summed E-state index contributed by atoms with van der Waals surface area (Å²) in [6, 6.07) is 3.88. The van der Waals surface area contributed by atoms with Crippen LogP contribution in [0.1, 0.15) is 18.8 Å². The summed E-state index contributed by atoms with van der Waals surface area (Å²) in [6.07, 6.45) is 1.67. The van der Waals surface area contributed by atoms with Crippen molar-refractivity contribution in [1.82, 2.24) is 4.57 Å². The maximum atomic E-state index is 9.99. The van der Waals surface area contributed by atoms with E-state index in [2.05, 4.69) is 0 Å². The molecule has 1 heterocycles. The highest BCUT2D eigenvalue weighted by atomic mass is 16.5. The molecular formula is C8H11NO2. The fraction of sp³-hybridized carbons (Fsp3) is 0.375. The summed E-state index contributed by atoms with van der Waals surface area (Å²) in [4.78, 5) is 9.99.